The second-order valence-electron chi connectivity index (χ2n) is 5.63. The molecule has 6 nitrogen and oxygen atoms in total. The Hall–Kier alpha value is -1.14. The molecule has 0 unspecified atom stereocenters. The molecule has 0 spiro atoms. The van der Waals surface area contributed by atoms with E-state index < -0.39 is 6.04 Å². The fourth-order valence-electron chi connectivity index (χ4n) is 2.02. The fraction of sp³-hybridized carbons (Fsp3) is 0.846. The summed E-state index contributed by atoms with van der Waals surface area (Å²) in [6.45, 7) is 5.75. The summed E-state index contributed by atoms with van der Waals surface area (Å²) in [4.78, 5) is 25.6. The zero-order valence-corrected chi connectivity index (χ0v) is 12.1. The Morgan fingerprint density at radius 3 is 2.42 bits per heavy atom. The molecular formula is C13H26N4O2. The number of nitrogens with one attached hydrogen (secondary N) is 2. The lowest BCUT2D eigenvalue weighted by Crippen LogP contribution is -2.50. The molecule has 6 heteroatoms. The van der Waals surface area contributed by atoms with Gasteiger partial charge in [-0.25, -0.2) is 0 Å². The maximum atomic E-state index is 11.7. The normalized spacial score (nSPS) is 19.2. The van der Waals surface area contributed by atoms with Crippen molar-refractivity contribution in [2.24, 2.45) is 11.7 Å². The Bertz CT molecular complexity index is 312. The van der Waals surface area contributed by atoms with Gasteiger partial charge < -0.3 is 21.3 Å². The molecule has 1 aliphatic rings. The minimum atomic E-state index is -0.559. The lowest BCUT2D eigenvalue weighted by atomic mass is 10.0. The fourth-order valence-corrected chi connectivity index (χ4v) is 2.02. The number of carbonyl (C=O) groups excluding carboxylic acids is 2. The van der Waals surface area contributed by atoms with Gasteiger partial charge in [0.15, 0.2) is 0 Å². The second-order valence-corrected chi connectivity index (χ2v) is 5.63. The van der Waals surface area contributed by atoms with Crippen LogP contribution in [-0.4, -0.2) is 55.5 Å². The van der Waals surface area contributed by atoms with E-state index in [1.807, 2.05) is 13.8 Å². The van der Waals surface area contributed by atoms with Gasteiger partial charge in [-0.3, -0.25) is 9.59 Å². The van der Waals surface area contributed by atoms with Crippen LogP contribution in [0.3, 0.4) is 0 Å². The summed E-state index contributed by atoms with van der Waals surface area (Å²) in [6.07, 6.45) is 1.92. The molecule has 0 aromatic rings. The van der Waals surface area contributed by atoms with E-state index in [0.717, 1.165) is 25.9 Å². The summed E-state index contributed by atoms with van der Waals surface area (Å²) in [7, 11) is 2.07. The third kappa shape index (κ3) is 5.57. The van der Waals surface area contributed by atoms with E-state index in [-0.39, 0.29) is 30.3 Å². The number of nitrogens with zero attached hydrogens (tertiary/aromatic N) is 1. The lowest BCUT2D eigenvalue weighted by Gasteiger charge is -2.29. The van der Waals surface area contributed by atoms with Gasteiger partial charge >= 0.3 is 0 Å². The minimum absolute atomic E-state index is 0.00555. The van der Waals surface area contributed by atoms with Crippen LogP contribution in [0.1, 0.15) is 26.7 Å². The van der Waals surface area contributed by atoms with Crippen molar-refractivity contribution in [1.82, 2.24) is 15.5 Å². The average molecular weight is 270 g/mol. The molecule has 1 rings (SSSR count). The molecule has 0 aromatic heterocycles. The number of amides is 2. The first-order valence-corrected chi connectivity index (χ1v) is 6.91. The Kier molecular flexibility index (Phi) is 6.24. The number of carbonyl (C=O) groups is 2. The van der Waals surface area contributed by atoms with Crippen molar-refractivity contribution in [2.75, 3.05) is 26.7 Å². The first-order chi connectivity index (χ1) is 8.90. The number of hydrogen-bond acceptors (Lipinski definition) is 4. The third-order valence-corrected chi connectivity index (χ3v) is 3.53. The van der Waals surface area contributed by atoms with Crippen LogP contribution in [0.4, 0.5) is 0 Å². The van der Waals surface area contributed by atoms with Crippen LogP contribution in [0.25, 0.3) is 0 Å². The Morgan fingerprint density at radius 1 is 1.32 bits per heavy atom. The van der Waals surface area contributed by atoms with Crippen molar-refractivity contribution in [3.05, 3.63) is 0 Å². The molecule has 1 heterocycles. The predicted octanol–water partition coefficient (Wildman–Crippen LogP) is -0.704. The summed E-state index contributed by atoms with van der Waals surface area (Å²) in [5.74, 6) is -0.343. The summed E-state index contributed by atoms with van der Waals surface area (Å²) in [6, 6.07) is -0.337. The summed E-state index contributed by atoms with van der Waals surface area (Å²) in [5.41, 5.74) is 5.70. The van der Waals surface area contributed by atoms with Crippen LogP contribution in [0.2, 0.25) is 0 Å². The molecule has 1 fully saturated rings. The molecule has 1 aliphatic heterocycles. The highest BCUT2D eigenvalue weighted by molar-refractivity contribution is 5.87. The van der Waals surface area contributed by atoms with Gasteiger partial charge in [-0.05, 0) is 38.9 Å². The molecule has 0 saturated carbocycles. The Labute approximate surface area is 115 Å². The topological polar surface area (TPSA) is 87.5 Å². The average Bonchev–Trinajstić information content (AvgIpc) is 2.37. The van der Waals surface area contributed by atoms with Crippen molar-refractivity contribution in [3.8, 4) is 0 Å². The molecule has 2 amide bonds. The standard InChI is InChI=1S/C13H26N4O2/c1-9(2)12(14)13(19)15-8-11(18)16-10-4-6-17(3)7-5-10/h9-10,12H,4-8,14H2,1-3H3,(H,15,19)(H,16,18)/t12-/m0/s1. The van der Waals surface area contributed by atoms with Crippen LogP contribution in [0.15, 0.2) is 0 Å². The van der Waals surface area contributed by atoms with E-state index in [9.17, 15) is 9.59 Å². The van der Waals surface area contributed by atoms with E-state index in [1.165, 1.54) is 0 Å². The van der Waals surface area contributed by atoms with E-state index in [0.29, 0.717) is 0 Å². The SMILES string of the molecule is CC(C)[C@H](N)C(=O)NCC(=O)NC1CCN(C)CC1. The molecular weight excluding hydrogens is 244 g/mol. The van der Waals surface area contributed by atoms with Gasteiger partial charge in [0.1, 0.15) is 0 Å². The highest BCUT2D eigenvalue weighted by Crippen LogP contribution is 2.07. The van der Waals surface area contributed by atoms with Gasteiger partial charge in [-0.2, -0.15) is 0 Å². The smallest absolute Gasteiger partial charge is 0.239 e. The van der Waals surface area contributed by atoms with Gasteiger partial charge in [-0.1, -0.05) is 13.8 Å². The number of nitrogens with two attached hydrogens (primary N) is 1. The van der Waals surface area contributed by atoms with Crippen molar-refractivity contribution in [2.45, 2.75) is 38.8 Å². The predicted molar refractivity (Wildman–Crippen MR) is 74.5 cm³/mol. The van der Waals surface area contributed by atoms with Crippen LogP contribution >= 0.6 is 0 Å². The van der Waals surface area contributed by atoms with Crippen molar-refractivity contribution < 1.29 is 9.59 Å². The summed E-state index contributed by atoms with van der Waals surface area (Å²) < 4.78 is 0. The van der Waals surface area contributed by atoms with Crippen molar-refractivity contribution in [3.63, 3.8) is 0 Å². The molecule has 110 valence electrons. The monoisotopic (exact) mass is 270 g/mol. The van der Waals surface area contributed by atoms with Gasteiger partial charge in [0, 0.05) is 6.04 Å². The molecule has 0 aliphatic carbocycles. The van der Waals surface area contributed by atoms with Gasteiger partial charge in [0.05, 0.1) is 12.6 Å². The van der Waals surface area contributed by atoms with Crippen molar-refractivity contribution in [1.29, 1.82) is 0 Å². The van der Waals surface area contributed by atoms with Gasteiger partial charge in [-0.15, -0.1) is 0 Å². The summed E-state index contributed by atoms with van der Waals surface area (Å²) >= 11 is 0. The molecule has 4 N–H and O–H groups in total. The Balaban J connectivity index is 2.23. The van der Waals surface area contributed by atoms with Gasteiger partial charge in [0.25, 0.3) is 0 Å². The van der Waals surface area contributed by atoms with E-state index in [2.05, 4.69) is 22.6 Å². The number of hydrogen-bond donors (Lipinski definition) is 3. The first kappa shape index (κ1) is 15.9. The van der Waals surface area contributed by atoms with E-state index >= 15 is 0 Å². The molecule has 0 bridgehead atoms. The first-order valence-electron chi connectivity index (χ1n) is 6.91. The van der Waals surface area contributed by atoms with E-state index in [4.69, 9.17) is 5.73 Å². The maximum absolute atomic E-state index is 11.7. The van der Waals surface area contributed by atoms with Crippen LogP contribution < -0.4 is 16.4 Å². The maximum Gasteiger partial charge on any atom is 0.239 e. The second kappa shape index (κ2) is 7.45. The molecule has 0 radical (unpaired) electrons. The number of likely N-dealkylation sites (tertiary alicyclic amines) is 1. The largest absolute Gasteiger partial charge is 0.352 e. The van der Waals surface area contributed by atoms with E-state index in [1.54, 1.807) is 0 Å². The third-order valence-electron chi connectivity index (χ3n) is 3.53. The minimum Gasteiger partial charge on any atom is -0.352 e. The highest BCUT2D eigenvalue weighted by Gasteiger charge is 2.20. The zero-order valence-electron chi connectivity index (χ0n) is 12.1. The highest BCUT2D eigenvalue weighted by atomic mass is 16.2. The molecule has 1 atom stereocenters. The molecule has 1 saturated heterocycles. The quantitative estimate of drug-likeness (QED) is 0.616. The van der Waals surface area contributed by atoms with Crippen LogP contribution in [0, 0.1) is 5.92 Å². The lowest BCUT2D eigenvalue weighted by molar-refractivity contribution is -0.127. The Morgan fingerprint density at radius 2 is 1.89 bits per heavy atom. The van der Waals surface area contributed by atoms with Gasteiger partial charge in [0.2, 0.25) is 11.8 Å². The molecule has 0 aromatic carbocycles. The van der Waals surface area contributed by atoms with Crippen molar-refractivity contribution >= 4 is 11.8 Å². The van der Waals surface area contributed by atoms with Crippen LogP contribution in [-0.2, 0) is 9.59 Å². The van der Waals surface area contributed by atoms with Crippen LogP contribution in [0.5, 0.6) is 0 Å². The number of piperidine rings is 1. The zero-order chi connectivity index (χ0) is 14.4. The number of rotatable bonds is 5. The summed E-state index contributed by atoms with van der Waals surface area (Å²) in [5, 5.41) is 5.52. The molecule has 19 heavy (non-hydrogen) atoms.